The maximum atomic E-state index is 3.82. The Morgan fingerprint density at radius 1 is 1.17 bits per heavy atom. The summed E-state index contributed by atoms with van der Waals surface area (Å²) in [6.45, 7) is 8.21. The van der Waals surface area contributed by atoms with Gasteiger partial charge in [0.25, 0.3) is 0 Å². The fourth-order valence-electron chi connectivity index (χ4n) is 0.903. The van der Waals surface area contributed by atoms with Gasteiger partial charge in [-0.2, -0.15) is 24.6 Å². The summed E-state index contributed by atoms with van der Waals surface area (Å²) in [5.74, 6) is 0.626. The van der Waals surface area contributed by atoms with E-state index in [9.17, 15) is 0 Å². The molecule has 0 N–H and O–H groups in total. The van der Waals surface area contributed by atoms with Crippen molar-refractivity contribution in [1.29, 1.82) is 0 Å². The van der Waals surface area contributed by atoms with Gasteiger partial charge in [-0.3, -0.25) is 0 Å². The number of halogens is 1. The summed E-state index contributed by atoms with van der Waals surface area (Å²) in [5, 5.41) is 0. The van der Waals surface area contributed by atoms with Crippen LogP contribution in [0, 0.1) is 6.92 Å². The van der Waals surface area contributed by atoms with Gasteiger partial charge in [-0.1, -0.05) is 19.4 Å². The van der Waals surface area contributed by atoms with E-state index in [0.717, 1.165) is 5.56 Å². The first-order chi connectivity index (χ1) is 5.70. The summed E-state index contributed by atoms with van der Waals surface area (Å²) < 4.78 is 0. The molecule has 0 atom stereocenters. The molecule has 62 valence electrons. The molecule has 1 rings (SSSR count). The Kier molecular flexibility index (Phi) is 6.79. The Morgan fingerprint density at radius 2 is 1.58 bits per heavy atom. The van der Waals surface area contributed by atoms with E-state index < -0.39 is 0 Å². The number of benzene rings is 1. The van der Waals surface area contributed by atoms with E-state index in [2.05, 4.69) is 58.7 Å². The van der Waals surface area contributed by atoms with E-state index in [4.69, 9.17) is 0 Å². The van der Waals surface area contributed by atoms with E-state index in [0.29, 0.717) is 5.92 Å². The van der Waals surface area contributed by atoms with Gasteiger partial charge in [-0.05, 0) is 5.92 Å². The van der Waals surface area contributed by atoms with Crippen LogP contribution < -0.4 is 0 Å². The Hall–Kier alpha value is 0.193. The van der Waals surface area contributed by atoms with Crippen LogP contribution in [0.15, 0.2) is 24.3 Å². The molecule has 1 aromatic carbocycles. The summed E-state index contributed by atoms with van der Waals surface area (Å²) >= 11 is 4.25. The van der Waals surface area contributed by atoms with Crippen molar-refractivity contribution in [3.63, 3.8) is 0 Å². The Bertz CT molecular complexity index is 204. The van der Waals surface area contributed by atoms with Gasteiger partial charge >= 0.3 is 30.0 Å². The normalized spacial score (nSPS) is 9.17. The zero-order valence-electron chi connectivity index (χ0n) is 7.68. The van der Waals surface area contributed by atoms with Crippen molar-refractivity contribution >= 4 is 13.6 Å². The van der Waals surface area contributed by atoms with Gasteiger partial charge in [-0.15, -0.1) is 12.1 Å². The molecule has 0 saturated carbocycles. The monoisotopic (exact) mass is 276 g/mol. The molecule has 0 unspecified atom stereocenters. The topological polar surface area (TPSA) is 0 Å². The molecule has 0 aromatic heterocycles. The van der Waals surface area contributed by atoms with Gasteiger partial charge in [0, 0.05) is 0 Å². The average molecular weight is 279 g/mol. The molecule has 2 heteroatoms. The quantitative estimate of drug-likeness (QED) is 0.541. The van der Waals surface area contributed by atoms with Crippen molar-refractivity contribution in [3.05, 3.63) is 42.3 Å². The third kappa shape index (κ3) is 4.28. The number of hydrogen-bond acceptors (Lipinski definition) is 0. The molecule has 0 radical (unpaired) electrons. The van der Waals surface area contributed by atoms with Gasteiger partial charge in [0.15, 0.2) is 0 Å². The Morgan fingerprint density at radius 3 is 1.92 bits per heavy atom. The fourth-order valence-corrected chi connectivity index (χ4v) is 0.903. The van der Waals surface area contributed by atoms with Crippen molar-refractivity contribution in [2.75, 3.05) is 0 Å². The minimum absolute atomic E-state index is 0.626. The summed E-state index contributed by atoms with van der Waals surface area (Å²) in [6.07, 6.45) is 0. The first-order valence-electron chi connectivity index (χ1n) is 3.89. The molecule has 12 heavy (non-hydrogen) atoms. The maximum absolute atomic E-state index is 3.82. The molecule has 1 aromatic rings. The van der Waals surface area contributed by atoms with E-state index in [1.165, 1.54) is 21.9 Å². The van der Waals surface area contributed by atoms with Crippen LogP contribution in [-0.2, 0) is 16.3 Å². The predicted octanol–water partition coefficient (Wildman–Crippen LogP) is 3.84. The third-order valence-corrected chi connectivity index (χ3v) is 1.65. The molecule has 0 aliphatic heterocycles. The molecule has 0 nitrogen and oxygen atoms in total. The second kappa shape index (κ2) is 6.68. The average Bonchev–Trinajstić information content (AvgIpc) is 2.09. The van der Waals surface area contributed by atoms with Crippen molar-refractivity contribution in [3.8, 4) is 0 Å². The van der Waals surface area contributed by atoms with Gasteiger partial charge in [0.05, 0.1) is 0 Å². The van der Waals surface area contributed by atoms with Crippen molar-refractivity contribution in [1.82, 2.24) is 0 Å². The zero-order chi connectivity index (χ0) is 9.56. The van der Waals surface area contributed by atoms with Crippen LogP contribution in [0.2, 0.25) is 0 Å². The van der Waals surface area contributed by atoms with Gasteiger partial charge < -0.3 is 0 Å². The minimum atomic E-state index is 0.626. The second-order valence-electron chi connectivity index (χ2n) is 2.90. The standard InChI is InChI=1S/C10H13.BrH.Zn/c1-8(2)10-6-4-9(3)5-7-10;;/h4-8H,3H2,1-2H3;1H;/q-1;;+2/p-1. The van der Waals surface area contributed by atoms with E-state index in [1.54, 1.807) is 0 Å². The molecular weight excluding hydrogens is 265 g/mol. The van der Waals surface area contributed by atoms with Crippen LogP contribution in [0.25, 0.3) is 0 Å². The molecular formula is C10H13BrZn. The van der Waals surface area contributed by atoms with Crippen molar-refractivity contribution in [2.45, 2.75) is 19.8 Å². The SMILES string of the molecule is [CH2-]c1ccc(C(C)C)cc1.[Zn+][Br]. The summed E-state index contributed by atoms with van der Waals surface area (Å²) in [6, 6.07) is 8.37. The first-order valence-corrected chi connectivity index (χ1v) is 10.8. The van der Waals surface area contributed by atoms with E-state index >= 15 is 0 Å². The number of rotatable bonds is 1. The zero-order valence-corrected chi connectivity index (χ0v) is 12.2. The summed E-state index contributed by atoms with van der Waals surface area (Å²) in [5.41, 5.74) is 2.47. The van der Waals surface area contributed by atoms with Crippen molar-refractivity contribution < 1.29 is 16.3 Å². The Labute approximate surface area is 91.8 Å². The number of hydrogen-bond donors (Lipinski definition) is 0. The van der Waals surface area contributed by atoms with Crippen LogP contribution in [0.1, 0.15) is 30.9 Å². The molecule has 0 bridgehead atoms. The van der Waals surface area contributed by atoms with E-state index in [-0.39, 0.29) is 0 Å². The van der Waals surface area contributed by atoms with Gasteiger partial charge in [0.2, 0.25) is 0 Å². The molecule has 0 aliphatic carbocycles. The van der Waals surface area contributed by atoms with Crippen LogP contribution in [-0.4, -0.2) is 0 Å². The fraction of sp³-hybridized carbons (Fsp3) is 0.300. The van der Waals surface area contributed by atoms with Gasteiger partial charge in [-0.25, -0.2) is 0 Å². The molecule has 0 fully saturated rings. The summed E-state index contributed by atoms with van der Waals surface area (Å²) in [4.78, 5) is 0. The molecule has 0 heterocycles. The predicted molar refractivity (Wildman–Crippen MR) is 53.9 cm³/mol. The molecule has 0 saturated heterocycles. The van der Waals surface area contributed by atoms with Crippen LogP contribution in [0.5, 0.6) is 0 Å². The molecule has 0 aliphatic rings. The first kappa shape index (κ1) is 12.2. The second-order valence-corrected chi connectivity index (χ2v) is 2.90. The van der Waals surface area contributed by atoms with Crippen molar-refractivity contribution in [2.24, 2.45) is 0 Å². The Balaban J connectivity index is 0.000000561. The van der Waals surface area contributed by atoms with Crippen LogP contribution in [0.3, 0.4) is 0 Å². The molecule has 0 amide bonds. The summed E-state index contributed by atoms with van der Waals surface area (Å²) in [7, 11) is 0. The van der Waals surface area contributed by atoms with Crippen LogP contribution in [0.4, 0.5) is 0 Å². The third-order valence-electron chi connectivity index (χ3n) is 1.65. The van der Waals surface area contributed by atoms with Gasteiger partial charge in [0.1, 0.15) is 0 Å². The van der Waals surface area contributed by atoms with Crippen LogP contribution >= 0.6 is 13.6 Å². The van der Waals surface area contributed by atoms with E-state index in [1.807, 2.05) is 0 Å². The molecule has 0 spiro atoms.